The van der Waals surface area contributed by atoms with Crippen molar-refractivity contribution in [2.45, 2.75) is 47.0 Å². The van der Waals surface area contributed by atoms with E-state index in [1.807, 2.05) is 0 Å². The van der Waals surface area contributed by atoms with Crippen molar-refractivity contribution >= 4 is 0 Å². The molecule has 2 fully saturated rings. The average Bonchev–Trinajstić information content (AvgIpc) is 2.79. The fourth-order valence-corrected chi connectivity index (χ4v) is 2.82. The number of hydrogen-bond acceptors (Lipinski definition) is 1. The van der Waals surface area contributed by atoms with Gasteiger partial charge in [0.1, 0.15) is 0 Å². The van der Waals surface area contributed by atoms with Gasteiger partial charge in [0, 0.05) is 5.41 Å². The molecular weight excluding hydrogens is 194 g/mol. The Bertz CT molecular complexity index is 305. The Labute approximate surface area is 101 Å². The van der Waals surface area contributed by atoms with Crippen LogP contribution < -0.4 is 0 Å². The van der Waals surface area contributed by atoms with Crippen LogP contribution in [-0.2, 0) is 0 Å². The summed E-state index contributed by atoms with van der Waals surface area (Å²) in [6, 6.07) is 0. The van der Waals surface area contributed by atoms with Crippen LogP contribution >= 0.6 is 0 Å². The van der Waals surface area contributed by atoms with Crippen molar-refractivity contribution in [2.24, 2.45) is 16.7 Å². The van der Waals surface area contributed by atoms with E-state index in [2.05, 4.69) is 44.4 Å². The van der Waals surface area contributed by atoms with Crippen molar-refractivity contribution in [2.75, 3.05) is 19.6 Å². The first kappa shape index (κ1) is 12.0. The number of hydrogen-bond donors (Lipinski definition) is 0. The van der Waals surface area contributed by atoms with Crippen LogP contribution in [-0.4, -0.2) is 24.5 Å². The maximum Gasteiger partial charge on any atom is 0.0601 e. The molecule has 0 aromatic carbocycles. The topological polar surface area (TPSA) is 3.24 Å². The lowest BCUT2D eigenvalue weighted by molar-refractivity contribution is 0.181. The van der Waals surface area contributed by atoms with Gasteiger partial charge < -0.3 is 0 Å². The summed E-state index contributed by atoms with van der Waals surface area (Å²) in [6.45, 7) is 12.5. The third kappa shape index (κ3) is 2.80. The lowest BCUT2D eigenvalue weighted by atomic mass is 9.91. The zero-order valence-corrected chi connectivity index (χ0v) is 11.3. The second-order valence-corrected chi connectivity index (χ2v) is 6.80. The average molecular weight is 219 g/mol. The molecule has 1 spiro atoms. The third-order valence-corrected chi connectivity index (χ3v) is 4.22. The van der Waals surface area contributed by atoms with E-state index in [0.717, 1.165) is 17.9 Å². The van der Waals surface area contributed by atoms with Crippen LogP contribution in [0, 0.1) is 28.6 Å². The van der Waals surface area contributed by atoms with Gasteiger partial charge in [-0.25, -0.2) is 0 Å². The zero-order valence-electron chi connectivity index (χ0n) is 11.3. The predicted molar refractivity (Wildman–Crippen MR) is 69.1 cm³/mol. The van der Waals surface area contributed by atoms with E-state index in [1.54, 1.807) is 0 Å². The van der Waals surface area contributed by atoms with Crippen LogP contribution in [0.25, 0.3) is 0 Å². The van der Waals surface area contributed by atoms with E-state index in [1.165, 1.54) is 32.4 Å². The fourth-order valence-electron chi connectivity index (χ4n) is 2.82. The Hall–Kier alpha value is -0.480. The van der Waals surface area contributed by atoms with Gasteiger partial charge in [-0.15, -0.1) is 0 Å². The molecule has 1 aliphatic heterocycles. The van der Waals surface area contributed by atoms with Crippen molar-refractivity contribution < 1.29 is 0 Å². The molecule has 0 aromatic rings. The first-order chi connectivity index (χ1) is 7.41. The molecule has 2 aliphatic rings. The summed E-state index contributed by atoms with van der Waals surface area (Å²) >= 11 is 0. The smallest absolute Gasteiger partial charge is 0.0601 e. The van der Waals surface area contributed by atoms with E-state index >= 15 is 0 Å². The van der Waals surface area contributed by atoms with Gasteiger partial charge in [0.05, 0.1) is 6.54 Å². The van der Waals surface area contributed by atoms with E-state index < -0.39 is 0 Å². The fraction of sp³-hybridized carbons (Fsp3) is 0.867. The van der Waals surface area contributed by atoms with Gasteiger partial charge in [-0.3, -0.25) is 4.90 Å². The van der Waals surface area contributed by atoms with Crippen LogP contribution in [0.15, 0.2) is 0 Å². The monoisotopic (exact) mass is 219 g/mol. The van der Waals surface area contributed by atoms with E-state index in [9.17, 15) is 0 Å². The molecule has 0 aromatic heterocycles. The summed E-state index contributed by atoms with van der Waals surface area (Å²) in [5.74, 6) is 7.65. The van der Waals surface area contributed by atoms with Gasteiger partial charge in [-0.1, -0.05) is 18.8 Å². The van der Waals surface area contributed by atoms with Crippen molar-refractivity contribution in [1.29, 1.82) is 0 Å². The van der Waals surface area contributed by atoms with Crippen LogP contribution in [0.3, 0.4) is 0 Å². The lowest BCUT2D eigenvalue weighted by Gasteiger charge is -2.31. The van der Waals surface area contributed by atoms with Crippen molar-refractivity contribution in [1.82, 2.24) is 4.90 Å². The van der Waals surface area contributed by atoms with E-state index in [0.29, 0.717) is 0 Å². The number of nitrogens with zero attached hydrogens (tertiary/aromatic N) is 1. The Morgan fingerprint density at radius 3 is 2.25 bits per heavy atom. The SMILES string of the molecule is CC1CC12CCN(CC#CC(C)(C)C)CC2. The number of likely N-dealkylation sites (tertiary alicyclic amines) is 1. The third-order valence-electron chi connectivity index (χ3n) is 4.22. The Morgan fingerprint density at radius 2 is 1.81 bits per heavy atom. The standard InChI is InChI=1S/C15H25N/c1-13-12-15(13)7-10-16(11-8-15)9-5-6-14(2,3)4/h13H,7-12H2,1-4H3. The minimum atomic E-state index is 0.155. The number of piperidine rings is 1. The number of rotatable bonds is 1. The van der Waals surface area contributed by atoms with E-state index in [-0.39, 0.29) is 5.41 Å². The molecule has 16 heavy (non-hydrogen) atoms. The summed E-state index contributed by atoms with van der Waals surface area (Å²) in [5, 5.41) is 0. The largest absolute Gasteiger partial charge is 0.292 e. The zero-order chi connectivity index (χ0) is 11.8. The Balaban J connectivity index is 1.75. The van der Waals surface area contributed by atoms with Gasteiger partial charge in [-0.05, 0) is 64.5 Å². The molecule has 1 atom stereocenters. The molecule has 0 radical (unpaired) electrons. The van der Waals surface area contributed by atoms with Crippen LogP contribution in [0.2, 0.25) is 0 Å². The molecule has 1 nitrogen and oxygen atoms in total. The maximum atomic E-state index is 3.33. The van der Waals surface area contributed by atoms with Gasteiger partial charge in [0.25, 0.3) is 0 Å². The molecule has 0 N–H and O–H groups in total. The highest BCUT2D eigenvalue weighted by atomic mass is 15.1. The van der Waals surface area contributed by atoms with Gasteiger partial charge in [-0.2, -0.15) is 0 Å². The first-order valence-electron chi connectivity index (χ1n) is 6.64. The summed E-state index contributed by atoms with van der Waals surface area (Å²) in [5.41, 5.74) is 0.913. The molecule has 1 saturated heterocycles. The van der Waals surface area contributed by atoms with Crippen LogP contribution in [0.1, 0.15) is 47.0 Å². The minimum absolute atomic E-state index is 0.155. The molecule has 2 rings (SSSR count). The lowest BCUT2D eigenvalue weighted by Crippen LogP contribution is -2.35. The summed E-state index contributed by atoms with van der Waals surface area (Å²) in [7, 11) is 0. The summed E-state index contributed by atoms with van der Waals surface area (Å²) in [4.78, 5) is 2.52. The van der Waals surface area contributed by atoms with Crippen LogP contribution in [0.5, 0.6) is 0 Å². The molecule has 1 unspecified atom stereocenters. The second-order valence-electron chi connectivity index (χ2n) is 6.80. The minimum Gasteiger partial charge on any atom is -0.292 e. The van der Waals surface area contributed by atoms with Crippen molar-refractivity contribution in [3.8, 4) is 11.8 Å². The van der Waals surface area contributed by atoms with E-state index in [4.69, 9.17) is 0 Å². The molecule has 0 bridgehead atoms. The van der Waals surface area contributed by atoms with Crippen molar-refractivity contribution in [3.05, 3.63) is 0 Å². The van der Waals surface area contributed by atoms with Crippen LogP contribution in [0.4, 0.5) is 0 Å². The molecule has 0 amide bonds. The summed E-state index contributed by atoms with van der Waals surface area (Å²) in [6.07, 6.45) is 4.30. The first-order valence-corrected chi connectivity index (χ1v) is 6.64. The molecule has 90 valence electrons. The second kappa shape index (κ2) is 4.08. The quantitative estimate of drug-likeness (QED) is 0.612. The van der Waals surface area contributed by atoms with Gasteiger partial charge in [0.2, 0.25) is 0 Å². The highest BCUT2D eigenvalue weighted by Crippen LogP contribution is 2.58. The van der Waals surface area contributed by atoms with Crippen molar-refractivity contribution in [3.63, 3.8) is 0 Å². The normalized spacial score (nSPS) is 28.6. The van der Waals surface area contributed by atoms with Gasteiger partial charge in [0.15, 0.2) is 0 Å². The Kier molecular flexibility index (Phi) is 3.05. The molecule has 1 saturated carbocycles. The maximum absolute atomic E-state index is 3.33. The molecule has 1 heterocycles. The predicted octanol–water partition coefficient (Wildman–Crippen LogP) is 3.16. The highest BCUT2D eigenvalue weighted by Gasteiger charge is 2.51. The van der Waals surface area contributed by atoms with Gasteiger partial charge >= 0.3 is 0 Å². The molecular formula is C15H25N. The summed E-state index contributed by atoms with van der Waals surface area (Å²) < 4.78 is 0. The molecule has 1 aliphatic carbocycles. The highest BCUT2D eigenvalue weighted by molar-refractivity contribution is 5.10. The molecule has 1 heteroatoms. The Morgan fingerprint density at radius 1 is 1.25 bits per heavy atom.